The van der Waals surface area contributed by atoms with Crippen molar-refractivity contribution in [3.05, 3.63) is 12.2 Å². The summed E-state index contributed by atoms with van der Waals surface area (Å²) in [6.45, 7) is 12.5. The first kappa shape index (κ1) is 11.8. The van der Waals surface area contributed by atoms with E-state index < -0.39 is 0 Å². The lowest BCUT2D eigenvalue weighted by Gasteiger charge is -2.49. The molecule has 0 spiro atoms. The Morgan fingerprint density at radius 2 is 1.59 bits per heavy atom. The molecule has 0 aliphatic heterocycles. The summed E-state index contributed by atoms with van der Waals surface area (Å²) in [5, 5.41) is 0. The summed E-state index contributed by atoms with van der Waals surface area (Å²) < 4.78 is 0. The maximum Gasteiger partial charge on any atom is -0.0197 e. The van der Waals surface area contributed by atoms with E-state index in [4.69, 9.17) is 0 Å². The number of fused-ring (bicyclic) bond motifs is 2. The molecule has 2 saturated carbocycles. The number of hydrogen-bond donors (Lipinski definition) is 0. The van der Waals surface area contributed by atoms with Crippen LogP contribution in [0.15, 0.2) is 12.2 Å². The minimum Gasteiger partial charge on any atom is -0.0854 e. The highest BCUT2D eigenvalue weighted by molar-refractivity contribution is 5.14. The van der Waals surface area contributed by atoms with Crippen molar-refractivity contribution < 1.29 is 0 Å². The molecule has 5 unspecified atom stereocenters. The van der Waals surface area contributed by atoms with Gasteiger partial charge in [-0.1, -0.05) is 46.8 Å². The van der Waals surface area contributed by atoms with Gasteiger partial charge in [-0.15, -0.1) is 0 Å². The van der Waals surface area contributed by atoms with Gasteiger partial charge in [-0.2, -0.15) is 0 Å². The van der Waals surface area contributed by atoms with Gasteiger partial charge in [-0.3, -0.25) is 0 Å². The highest BCUT2D eigenvalue weighted by atomic mass is 14.7. The molecular formula is C17H28. The standard InChI is InChI=1S/C17H28/c1-11-6-7-12(8-11)14-9-13-10-15(14)17(4,5)16(13,2)3/h6-7,11-15H,8-10H2,1-5H3. The normalized spacial score (nSPS) is 50.1. The van der Waals surface area contributed by atoms with Gasteiger partial charge in [-0.05, 0) is 59.7 Å². The van der Waals surface area contributed by atoms with Crippen molar-refractivity contribution in [1.29, 1.82) is 0 Å². The topological polar surface area (TPSA) is 0 Å². The zero-order chi connectivity index (χ0) is 12.4. The van der Waals surface area contributed by atoms with E-state index in [1.807, 2.05) is 0 Å². The van der Waals surface area contributed by atoms with Gasteiger partial charge in [-0.25, -0.2) is 0 Å². The summed E-state index contributed by atoms with van der Waals surface area (Å²) in [6.07, 6.45) is 9.42. The average molecular weight is 232 g/mol. The van der Waals surface area contributed by atoms with Crippen molar-refractivity contribution >= 4 is 0 Å². The van der Waals surface area contributed by atoms with Crippen LogP contribution in [-0.2, 0) is 0 Å². The van der Waals surface area contributed by atoms with Gasteiger partial charge in [0.2, 0.25) is 0 Å². The van der Waals surface area contributed by atoms with E-state index >= 15 is 0 Å². The second kappa shape index (κ2) is 3.39. The fraction of sp³-hybridized carbons (Fsp3) is 0.882. The molecule has 0 amide bonds. The predicted octanol–water partition coefficient (Wildman–Crippen LogP) is 4.91. The molecule has 17 heavy (non-hydrogen) atoms. The molecule has 2 fully saturated rings. The van der Waals surface area contributed by atoms with Crippen LogP contribution in [0, 0.1) is 40.4 Å². The summed E-state index contributed by atoms with van der Waals surface area (Å²) in [5.74, 6) is 4.68. The minimum absolute atomic E-state index is 0.542. The van der Waals surface area contributed by atoms with Gasteiger partial charge in [0, 0.05) is 0 Å². The van der Waals surface area contributed by atoms with Crippen LogP contribution in [-0.4, -0.2) is 0 Å². The van der Waals surface area contributed by atoms with Crippen LogP contribution in [0.3, 0.4) is 0 Å². The van der Waals surface area contributed by atoms with Crippen LogP contribution in [0.2, 0.25) is 0 Å². The van der Waals surface area contributed by atoms with Crippen LogP contribution in [0.5, 0.6) is 0 Å². The molecule has 0 nitrogen and oxygen atoms in total. The van der Waals surface area contributed by atoms with Crippen LogP contribution < -0.4 is 0 Å². The Balaban J connectivity index is 1.83. The Bertz CT molecular complexity index is 347. The molecule has 5 atom stereocenters. The first-order chi connectivity index (χ1) is 7.84. The second-order valence-corrected chi connectivity index (χ2v) is 8.14. The SMILES string of the molecule is CC1C=CC(C2CC3CC2C(C)(C)C3(C)C)C1. The van der Waals surface area contributed by atoms with Crippen molar-refractivity contribution in [3.63, 3.8) is 0 Å². The number of allylic oxidation sites excluding steroid dienone is 2. The summed E-state index contributed by atoms with van der Waals surface area (Å²) >= 11 is 0. The first-order valence-electron chi connectivity index (χ1n) is 7.52. The summed E-state index contributed by atoms with van der Waals surface area (Å²) in [7, 11) is 0. The van der Waals surface area contributed by atoms with Crippen LogP contribution in [0.25, 0.3) is 0 Å². The minimum atomic E-state index is 0.542. The van der Waals surface area contributed by atoms with Crippen LogP contribution >= 0.6 is 0 Å². The molecule has 2 bridgehead atoms. The van der Waals surface area contributed by atoms with E-state index in [1.165, 1.54) is 19.3 Å². The number of hydrogen-bond acceptors (Lipinski definition) is 0. The largest absolute Gasteiger partial charge is 0.0854 e. The first-order valence-corrected chi connectivity index (χ1v) is 7.52. The Kier molecular flexibility index (Phi) is 2.36. The Morgan fingerprint density at radius 3 is 2.06 bits per heavy atom. The molecule has 3 aliphatic rings. The lowest BCUT2D eigenvalue weighted by atomic mass is 9.55. The third-order valence-corrected chi connectivity index (χ3v) is 7.10. The van der Waals surface area contributed by atoms with Crippen molar-refractivity contribution in [3.8, 4) is 0 Å². The molecule has 0 aromatic carbocycles. The molecule has 0 saturated heterocycles. The fourth-order valence-electron chi connectivity index (χ4n) is 5.20. The van der Waals surface area contributed by atoms with Gasteiger partial charge < -0.3 is 0 Å². The van der Waals surface area contributed by atoms with E-state index in [2.05, 4.69) is 46.8 Å². The second-order valence-electron chi connectivity index (χ2n) is 8.14. The van der Waals surface area contributed by atoms with E-state index in [-0.39, 0.29) is 0 Å². The summed E-state index contributed by atoms with van der Waals surface area (Å²) in [6, 6.07) is 0. The fourth-order valence-corrected chi connectivity index (χ4v) is 5.20. The number of rotatable bonds is 1. The monoisotopic (exact) mass is 232 g/mol. The van der Waals surface area contributed by atoms with E-state index in [9.17, 15) is 0 Å². The molecule has 0 heteroatoms. The van der Waals surface area contributed by atoms with Crippen molar-refractivity contribution in [2.45, 2.75) is 53.9 Å². The van der Waals surface area contributed by atoms with E-state index in [1.54, 1.807) is 0 Å². The maximum absolute atomic E-state index is 2.54. The van der Waals surface area contributed by atoms with Gasteiger partial charge in [0.05, 0.1) is 0 Å². The highest BCUT2D eigenvalue weighted by Gasteiger charge is 2.62. The van der Waals surface area contributed by atoms with Gasteiger partial charge in [0.1, 0.15) is 0 Å². The zero-order valence-electron chi connectivity index (χ0n) is 12.2. The third-order valence-electron chi connectivity index (χ3n) is 7.10. The average Bonchev–Trinajstić information content (AvgIpc) is 2.84. The molecule has 3 aliphatic carbocycles. The maximum atomic E-state index is 2.54. The molecule has 96 valence electrons. The quantitative estimate of drug-likeness (QED) is 0.564. The molecular weight excluding hydrogens is 204 g/mol. The van der Waals surface area contributed by atoms with E-state index in [0.717, 1.165) is 29.6 Å². The van der Waals surface area contributed by atoms with Crippen molar-refractivity contribution in [1.82, 2.24) is 0 Å². The zero-order valence-corrected chi connectivity index (χ0v) is 12.2. The van der Waals surface area contributed by atoms with Crippen molar-refractivity contribution in [2.75, 3.05) is 0 Å². The molecule has 0 heterocycles. The molecule has 0 radical (unpaired) electrons. The molecule has 0 N–H and O–H groups in total. The third kappa shape index (κ3) is 1.42. The molecule has 0 aromatic rings. The summed E-state index contributed by atoms with van der Waals surface area (Å²) in [5.41, 5.74) is 1.10. The Labute approximate surface area is 107 Å². The predicted molar refractivity (Wildman–Crippen MR) is 73.7 cm³/mol. The lowest BCUT2D eigenvalue weighted by Crippen LogP contribution is -2.43. The van der Waals surface area contributed by atoms with Gasteiger partial charge in [0.25, 0.3) is 0 Å². The molecule has 0 aromatic heterocycles. The van der Waals surface area contributed by atoms with Crippen LogP contribution in [0.4, 0.5) is 0 Å². The van der Waals surface area contributed by atoms with Crippen LogP contribution in [0.1, 0.15) is 53.9 Å². The highest BCUT2D eigenvalue weighted by Crippen LogP contribution is 2.69. The molecule has 3 rings (SSSR count). The van der Waals surface area contributed by atoms with Gasteiger partial charge in [0.15, 0.2) is 0 Å². The van der Waals surface area contributed by atoms with Gasteiger partial charge >= 0.3 is 0 Å². The smallest absolute Gasteiger partial charge is 0.0197 e. The Hall–Kier alpha value is -0.260. The summed E-state index contributed by atoms with van der Waals surface area (Å²) in [4.78, 5) is 0. The van der Waals surface area contributed by atoms with Crippen molar-refractivity contribution in [2.24, 2.45) is 40.4 Å². The lowest BCUT2D eigenvalue weighted by molar-refractivity contribution is -0.00602. The Morgan fingerprint density at radius 1 is 0.882 bits per heavy atom. The van der Waals surface area contributed by atoms with E-state index in [0.29, 0.717) is 10.8 Å².